The molecule has 2 aliphatic heterocycles. The predicted octanol–water partition coefficient (Wildman–Crippen LogP) is 6.53. The van der Waals surface area contributed by atoms with E-state index >= 15 is 0 Å². The van der Waals surface area contributed by atoms with E-state index in [1.807, 2.05) is 121 Å². The van der Waals surface area contributed by atoms with Crippen molar-refractivity contribution < 1.29 is 19.2 Å². The van der Waals surface area contributed by atoms with Gasteiger partial charge in [-0.3, -0.25) is 19.2 Å². The van der Waals surface area contributed by atoms with Crippen LogP contribution in [0.5, 0.6) is 0 Å². The Morgan fingerprint density at radius 1 is 0.426 bits per heavy atom. The highest BCUT2D eigenvalue weighted by Crippen LogP contribution is 2.25. The Kier molecular flexibility index (Phi) is 9.59. The summed E-state index contributed by atoms with van der Waals surface area (Å²) in [6.45, 7) is 0.400. The first-order chi connectivity index (χ1) is 22.9. The number of piperidine rings is 2. The summed E-state index contributed by atoms with van der Waals surface area (Å²) in [6.07, 6.45) is 6.84. The summed E-state index contributed by atoms with van der Waals surface area (Å²) in [7, 11) is 0. The van der Waals surface area contributed by atoms with Crippen molar-refractivity contribution in [2.45, 2.75) is 6.42 Å². The monoisotopic (exact) mass is 618 g/mol. The van der Waals surface area contributed by atoms with Crippen LogP contribution in [0, 0.1) is 0 Å². The van der Waals surface area contributed by atoms with Crippen LogP contribution < -0.4 is 0 Å². The molecule has 0 spiro atoms. The minimum absolute atomic E-state index is 0.1000. The summed E-state index contributed by atoms with van der Waals surface area (Å²) >= 11 is 0. The first kappa shape index (κ1) is 31.1. The molecule has 2 fully saturated rings. The van der Waals surface area contributed by atoms with E-state index in [2.05, 4.69) is 0 Å². The molecule has 0 aromatic heterocycles. The number of Topliss-reactive ketones (excluding diaryl/α,β-unsaturated/α-hetero) is 2. The lowest BCUT2D eigenvalue weighted by Gasteiger charge is -2.32. The second-order valence-corrected chi connectivity index (χ2v) is 11.7. The first-order valence-electron chi connectivity index (χ1n) is 15.6. The minimum atomic E-state index is -0.378. The highest BCUT2D eigenvalue weighted by molar-refractivity contribution is 6.17. The Labute approximate surface area is 274 Å². The van der Waals surface area contributed by atoms with Crippen LogP contribution >= 0.6 is 0 Å². The van der Waals surface area contributed by atoms with Crippen LogP contribution in [-0.4, -0.2) is 59.4 Å². The quantitative estimate of drug-likeness (QED) is 0.182. The van der Waals surface area contributed by atoms with E-state index in [9.17, 15) is 19.2 Å². The maximum absolute atomic E-state index is 13.8. The van der Waals surface area contributed by atoms with E-state index in [4.69, 9.17) is 0 Å². The number of amides is 2. The number of carbonyl (C=O) groups excluding carboxylic acids is 4. The third-order valence-electron chi connectivity index (χ3n) is 8.18. The van der Waals surface area contributed by atoms with Crippen LogP contribution in [0.15, 0.2) is 144 Å². The number of ketones is 2. The van der Waals surface area contributed by atoms with Crippen LogP contribution in [0.3, 0.4) is 0 Å². The fourth-order valence-electron chi connectivity index (χ4n) is 5.79. The van der Waals surface area contributed by atoms with Crippen LogP contribution in [0.4, 0.5) is 0 Å². The van der Waals surface area contributed by atoms with Gasteiger partial charge in [0.05, 0.1) is 0 Å². The van der Waals surface area contributed by atoms with Gasteiger partial charge in [-0.25, -0.2) is 0 Å². The van der Waals surface area contributed by atoms with Gasteiger partial charge in [-0.1, -0.05) is 121 Å². The Morgan fingerprint density at radius 2 is 0.660 bits per heavy atom. The summed E-state index contributed by atoms with van der Waals surface area (Å²) in [6, 6.07) is 38.0. The molecule has 0 aliphatic carbocycles. The molecule has 0 radical (unpaired) electrons. The van der Waals surface area contributed by atoms with Gasteiger partial charge in [0.15, 0.2) is 11.6 Å². The highest BCUT2D eigenvalue weighted by atomic mass is 16.2. The van der Waals surface area contributed by atoms with Crippen molar-refractivity contribution in [2.24, 2.45) is 0 Å². The third-order valence-corrected chi connectivity index (χ3v) is 8.18. The van der Waals surface area contributed by atoms with E-state index in [-0.39, 0.29) is 56.0 Å². The molecule has 232 valence electrons. The smallest absolute Gasteiger partial charge is 0.232 e. The number of carbonyl (C=O) groups is 4. The van der Waals surface area contributed by atoms with Crippen molar-refractivity contribution in [1.29, 1.82) is 0 Å². The van der Waals surface area contributed by atoms with Gasteiger partial charge < -0.3 is 9.80 Å². The number of benzene rings is 4. The van der Waals surface area contributed by atoms with E-state index in [1.165, 1.54) is 0 Å². The van der Waals surface area contributed by atoms with Gasteiger partial charge in [0.25, 0.3) is 0 Å². The van der Waals surface area contributed by atoms with E-state index in [0.29, 0.717) is 22.3 Å². The molecule has 2 saturated heterocycles. The van der Waals surface area contributed by atoms with Gasteiger partial charge in [0.1, 0.15) is 6.42 Å². The number of likely N-dealkylation sites (tertiary alicyclic amines) is 2. The number of nitrogens with zero attached hydrogens (tertiary/aromatic N) is 2. The van der Waals surface area contributed by atoms with E-state index < -0.39 is 0 Å². The van der Waals surface area contributed by atoms with Gasteiger partial charge in [-0.2, -0.15) is 0 Å². The third kappa shape index (κ3) is 7.86. The molecule has 4 aromatic carbocycles. The van der Waals surface area contributed by atoms with E-state index in [0.717, 1.165) is 22.3 Å². The average Bonchev–Trinajstić information content (AvgIpc) is 3.10. The van der Waals surface area contributed by atoms with Crippen molar-refractivity contribution in [3.63, 3.8) is 0 Å². The first-order valence-corrected chi connectivity index (χ1v) is 15.6. The summed E-state index contributed by atoms with van der Waals surface area (Å²) in [5.41, 5.74) is 5.35. The summed E-state index contributed by atoms with van der Waals surface area (Å²) in [5, 5.41) is 0. The zero-order chi connectivity index (χ0) is 32.6. The van der Waals surface area contributed by atoms with Crippen molar-refractivity contribution in [2.75, 3.05) is 26.2 Å². The Bertz CT molecular complexity index is 1640. The molecule has 0 bridgehead atoms. The normalized spacial score (nSPS) is 18.7. The maximum Gasteiger partial charge on any atom is 0.232 e. The molecular weight excluding hydrogens is 584 g/mol. The van der Waals surface area contributed by atoms with Gasteiger partial charge in [-0.15, -0.1) is 0 Å². The van der Waals surface area contributed by atoms with Crippen LogP contribution in [-0.2, 0) is 19.2 Å². The molecule has 0 saturated carbocycles. The molecule has 0 N–H and O–H groups in total. The SMILES string of the molecule is O=C1/C(=C/c2ccccc2)CN(C(=O)CC(=O)N2C/C(=C\c3ccccc3)C(=O)/C(=C/c3ccccc3)C2)C/C1=C\c1ccccc1. The standard InChI is InChI=1S/C41H34N2O4/c44-38(42-26-34(21-30-13-5-1-6-14-30)40(46)35(27-42)22-31-15-7-2-8-16-31)25-39(45)43-28-36(23-32-17-9-3-10-18-32)41(47)37(29-43)24-33-19-11-4-12-20-33/h1-24H,25-29H2/b34-21+,35-22+,36-23+,37-24+. The summed E-state index contributed by atoms with van der Waals surface area (Å²) < 4.78 is 0. The molecule has 2 aliphatic rings. The molecule has 0 atom stereocenters. The van der Waals surface area contributed by atoms with Crippen molar-refractivity contribution >= 4 is 47.7 Å². The van der Waals surface area contributed by atoms with E-state index in [1.54, 1.807) is 34.1 Å². The highest BCUT2D eigenvalue weighted by Gasteiger charge is 2.33. The average molecular weight is 619 g/mol. The Hall–Kier alpha value is -5.88. The molecule has 6 rings (SSSR count). The van der Waals surface area contributed by atoms with Gasteiger partial charge in [0.2, 0.25) is 11.8 Å². The maximum atomic E-state index is 13.8. The molecule has 4 aromatic rings. The van der Waals surface area contributed by atoms with Crippen molar-refractivity contribution in [1.82, 2.24) is 9.80 Å². The second kappa shape index (κ2) is 14.5. The van der Waals surface area contributed by atoms with Crippen molar-refractivity contribution in [3.8, 4) is 0 Å². The zero-order valence-corrected chi connectivity index (χ0v) is 25.9. The molecule has 2 amide bonds. The topological polar surface area (TPSA) is 74.8 Å². The van der Waals surface area contributed by atoms with Gasteiger partial charge in [0, 0.05) is 48.5 Å². The number of hydrogen-bond donors (Lipinski definition) is 0. The molecule has 2 heterocycles. The Balaban J connectivity index is 1.26. The summed E-state index contributed by atoms with van der Waals surface area (Å²) in [4.78, 5) is 57.9. The Morgan fingerprint density at radius 3 is 0.894 bits per heavy atom. The molecular formula is C41H34N2O4. The molecule has 6 nitrogen and oxygen atoms in total. The fourth-order valence-corrected chi connectivity index (χ4v) is 5.79. The molecule has 6 heteroatoms. The lowest BCUT2D eigenvalue weighted by Crippen LogP contribution is -2.46. The lowest BCUT2D eigenvalue weighted by molar-refractivity contribution is -0.140. The molecule has 47 heavy (non-hydrogen) atoms. The number of rotatable bonds is 6. The van der Waals surface area contributed by atoms with Gasteiger partial charge >= 0.3 is 0 Å². The lowest BCUT2D eigenvalue weighted by atomic mass is 9.93. The number of hydrogen-bond acceptors (Lipinski definition) is 4. The second-order valence-electron chi connectivity index (χ2n) is 11.7. The van der Waals surface area contributed by atoms with Crippen molar-refractivity contribution in [3.05, 3.63) is 166 Å². The predicted molar refractivity (Wildman–Crippen MR) is 185 cm³/mol. The van der Waals surface area contributed by atoms with Crippen LogP contribution in [0.1, 0.15) is 28.7 Å². The van der Waals surface area contributed by atoms with Gasteiger partial charge in [-0.05, 0) is 46.6 Å². The largest absolute Gasteiger partial charge is 0.333 e. The zero-order valence-electron chi connectivity index (χ0n) is 25.9. The fraction of sp³-hybridized carbons (Fsp3) is 0.122. The van der Waals surface area contributed by atoms with Crippen LogP contribution in [0.25, 0.3) is 24.3 Å². The minimum Gasteiger partial charge on any atom is -0.333 e. The molecule has 0 unspecified atom stereocenters. The van der Waals surface area contributed by atoms with Crippen LogP contribution in [0.2, 0.25) is 0 Å². The summed E-state index contributed by atoms with van der Waals surface area (Å²) in [5.74, 6) is -0.984.